The van der Waals surface area contributed by atoms with Gasteiger partial charge in [-0.1, -0.05) is 30.3 Å². The zero-order valence-electron chi connectivity index (χ0n) is 11.1. The zero-order valence-corrected chi connectivity index (χ0v) is 11.1. The van der Waals surface area contributed by atoms with E-state index in [0.717, 1.165) is 17.8 Å². The molecule has 2 aliphatic rings. The molecule has 0 heterocycles. The third kappa shape index (κ3) is 2.47. The van der Waals surface area contributed by atoms with Crippen molar-refractivity contribution in [1.82, 2.24) is 0 Å². The first kappa shape index (κ1) is 12.2. The lowest BCUT2D eigenvalue weighted by atomic mass is 9.64. The topological polar surface area (TPSA) is 20.2 Å². The first-order valence-corrected chi connectivity index (χ1v) is 7.52. The minimum atomic E-state index is 0.408. The molecule has 2 aliphatic carbocycles. The molecule has 0 unspecified atom stereocenters. The monoisotopic (exact) mass is 244 g/mol. The van der Waals surface area contributed by atoms with E-state index in [9.17, 15) is 5.11 Å². The number of hydrogen-bond donors (Lipinski definition) is 1. The van der Waals surface area contributed by atoms with Crippen LogP contribution in [-0.2, 0) is 0 Å². The summed E-state index contributed by atoms with van der Waals surface area (Å²) in [7, 11) is 0. The zero-order chi connectivity index (χ0) is 12.4. The molecule has 18 heavy (non-hydrogen) atoms. The number of rotatable bonds is 2. The molecule has 98 valence electrons. The van der Waals surface area contributed by atoms with E-state index < -0.39 is 0 Å². The van der Waals surface area contributed by atoms with Gasteiger partial charge in [0.1, 0.15) is 0 Å². The summed E-state index contributed by atoms with van der Waals surface area (Å²) in [4.78, 5) is 0. The largest absolute Gasteiger partial charge is 0.396 e. The van der Waals surface area contributed by atoms with Crippen LogP contribution in [0.5, 0.6) is 0 Å². The van der Waals surface area contributed by atoms with Crippen LogP contribution in [-0.4, -0.2) is 11.7 Å². The van der Waals surface area contributed by atoms with Gasteiger partial charge < -0.3 is 5.11 Å². The predicted octanol–water partition coefficient (Wildman–Crippen LogP) is 3.98. The summed E-state index contributed by atoms with van der Waals surface area (Å²) in [6.45, 7) is 0.408. The van der Waals surface area contributed by atoms with E-state index in [2.05, 4.69) is 30.3 Å². The van der Waals surface area contributed by atoms with Gasteiger partial charge in [-0.25, -0.2) is 0 Å². The highest BCUT2D eigenvalue weighted by atomic mass is 16.3. The minimum absolute atomic E-state index is 0.408. The van der Waals surface area contributed by atoms with Crippen LogP contribution in [0.2, 0.25) is 0 Å². The van der Waals surface area contributed by atoms with Crippen molar-refractivity contribution < 1.29 is 5.11 Å². The summed E-state index contributed by atoms with van der Waals surface area (Å²) in [5, 5.41) is 9.31. The van der Waals surface area contributed by atoms with Crippen molar-refractivity contribution in [3.05, 3.63) is 35.9 Å². The van der Waals surface area contributed by atoms with Crippen LogP contribution in [0.25, 0.3) is 0 Å². The molecular formula is C17H24O. The van der Waals surface area contributed by atoms with Gasteiger partial charge in [0.2, 0.25) is 0 Å². The van der Waals surface area contributed by atoms with E-state index in [1.165, 1.54) is 38.5 Å². The summed E-state index contributed by atoms with van der Waals surface area (Å²) >= 11 is 0. The molecule has 1 aromatic rings. The van der Waals surface area contributed by atoms with Gasteiger partial charge in [-0.15, -0.1) is 0 Å². The van der Waals surface area contributed by atoms with Crippen LogP contribution >= 0.6 is 0 Å². The van der Waals surface area contributed by atoms with Gasteiger partial charge in [0, 0.05) is 6.61 Å². The SMILES string of the molecule is OC[C@H]1CC[C@@H]2C[C@H](c3ccccc3)CC[C@H]2C1. The maximum Gasteiger partial charge on any atom is 0.0459 e. The Morgan fingerprint density at radius 3 is 2.39 bits per heavy atom. The molecule has 1 N–H and O–H groups in total. The molecule has 1 aromatic carbocycles. The average molecular weight is 244 g/mol. The van der Waals surface area contributed by atoms with Crippen molar-refractivity contribution in [2.75, 3.05) is 6.61 Å². The fraction of sp³-hybridized carbons (Fsp3) is 0.647. The molecule has 3 rings (SSSR count). The van der Waals surface area contributed by atoms with Gasteiger partial charge in [-0.2, -0.15) is 0 Å². The van der Waals surface area contributed by atoms with E-state index in [0.29, 0.717) is 12.5 Å². The molecule has 0 bridgehead atoms. The van der Waals surface area contributed by atoms with Gasteiger partial charge >= 0.3 is 0 Å². The summed E-state index contributed by atoms with van der Waals surface area (Å²) < 4.78 is 0. The second-order valence-electron chi connectivity index (χ2n) is 6.30. The van der Waals surface area contributed by atoms with E-state index in [1.54, 1.807) is 5.56 Å². The number of aliphatic hydroxyl groups excluding tert-OH is 1. The molecule has 0 spiro atoms. The van der Waals surface area contributed by atoms with E-state index in [-0.39, 0.29) is 0 Å². The lowest BCUT2D eigenvalue weighted by Crippen LogP contribution is -2.31. The second-order valence-corrected chi connectivity index (χ2v) is 6.30. The Balaban J connectivity index is 1.65. The Morgan fingerprint density at radius 1 is 0.889 bits per heavy atom. The molecule has 4 atom stereocenters. The standard InChI is InChI=1S/C17H24O/c18-12-13-6-7-17-11-16(9-8-15(17)10-13)14-4-2-1-3-5-14/h1-5,13,15-18H,6-12H2/t13-,15-,16+,17+/m0/s1. The Bertz CT molecular complexity index is 372. The molecule has 0 amide bonds. The average Bonchev–Trinajstić information content (AvgIpc) is 2.47. The highest BCUT2D eigenvalue weighted by Crippen LogP contribution is 2.47. The van der Waals surface area contributed by atoms with Gasteiger partial charge in [0.25, 0.3) is 0 Å². The maximum absolute atomic E-state index is 9.31. The maximum atomic E-state index is 9.31. The van der Waals surface area contributed by atoms with E-state index in [4.69, 9.17) is 0 Å². The first-order valence-electron chi connectivity index (χ1n) is 7.52. The molecule has 0 radical (unpaired) electrons. The van der Waals surface area contributed by atoms with Crippen molar-refractivity contribution in [3.8, 4) is 0 Å². The highest BCUT2D eigenvalue weighted by molar-refractivity contribution is 5.20. The Labute approximate surface area is 110 Å². The molecule has 0 aromatic heterocycles. The van der Waals surface area contributed by atoms with E-state index >= 15 is 0 Å². The van der Waals surface area contributed by atoms with E-state index in [1.807, 2.05) is 0 Å². The normalized spacial score (nSPS) is 36.1. The van der Waals surface area contributed by atoms with Crippen molar-refractivity contribution in [2.24, 2.45) is 17.8 Å². The van der Waals surface area contributed by atoms with Gasteiger partial charge in [0.15, 0.2) is 0 Å². The number of fused-ring (bicyclic) bond motifs is 1. The van der Waals surface area contributed by atoms with Gasteiger partial charge in [-0.3, -0.25) is 0 Å². The van der Waals surface area contributed by atoms with Crippen molar-refractivity contribution in [3.63, 3.8) is 0 Å². The lowest BCUT2D eigenvalue weighted by molar-refractivity contribution is 0.0852. The first-order chi connectivity index (χ1) is 8.86. The smallest absolute Gasteiger partial charge is 0.0459 e. The Morgan fingerprint density at radius 2 is 1.61 bits per heavy atom. The van der Waals surface area contributed by atoms with Gasteiger partial charge in [-0.05, 0) is 67.8 Å². The number of aliphatic hydroxyl groups is 1. The van der Waals surface area contributed by atoms with Crippen LogP contribution < -0.4 is 0 Å². The van der Waals surface area contributed by atoms with Crippen LogP contribution in [0.4, 0.5) is 0 Å². The van der Waals surface area contributed by atoms with Crippen LogP contribution in [0.3, 0.4) is 0 Å². The molecule has 2 saturated carbocycles. The second kappa shape index (κ2) is 5.44. The molecule has 1 nitrogen and oxygen atoms in total. The minimum Gasteiger partial charge on any atom is -0.396 e. The van der Waals surface area contributed by atoms with Crippen LogP contribution in [0, 0.1) is 17.8 Å². The van der Waals surface area contributed by atoms with Crippen molar-refractivity contribution >= 4 is 0 Å². The highest BCUT2D eigenvalue weighted by Gasteiger charge is 2.35. The lowest BCUT2D eigenvalue weighted by Gasteiger charge is -2.42. The summed E-state index contributed by atoms with van der Waals surface area (Å²) in [5.41, 5.74) is 1.54. The van der Waals surface area contributed by atoms with Crippen molar-refractivity contribution in [2.45, 2.75) is 44.4 Å². The van der Waals surface area contributed by atoms with Crippen molar-refractivity contribution in [1.29, 1.82) is 0 Å². The Kier molecular flexibility index (Phi) is 3.69. The van der Waals surface area contributed by atoms with Crippen LogP contribution in [0.15, 0.2) is 30.3 Å². The van der Waals surface area contributed by atoms with Crippen LogP contribution in [0.1, 0.15) is 50.0 Å². The third-order valence-electron chi connectivity index (χ3n) is 5.25. The van der Waals surface area contributed by atoms with Gasteiger partial charge in [0.05, 0.1) is 0 Å². The molecular weight excluding hydrogens is 220 g/mol. The summed E-state index contributed by atoms with van der Waals surface area (Å²) in [6.07, 6.45) is 7.98. The number of benzene rings is 1. The third-order valence-corrected chi connectivity index (χ3v) is 5.25. The molecule has 2 fully saturated rings. The summed E-state index contributed by atoms with van der Waals surface area (Å²) in [5.74, 6) is 3.21. The number of hydrogen-bond acceptors (Lipinski definition) is 1. The Hall–Kier alpha value is -0.820. The summed E-state index contributed by atoms with van der Waals surface area (Å²) in [6, 6.07) is 11.0. The fourth-order valence-electron chi connectivity index (χ4n) is 4.18. The molecule has 0 aliphatic heterocycles. The fourth-order valence-corrected chi connectivity index (χ4v) is 4.18. The predicted molar refractivity (Wildman–Crippen MR) is 74.4 cm³/mol. The molecule has 1 heteroatoms. The molecule has 0 saturated heterocycles. The quantitative estimate of drug-likeness (QED) is 0.834.